The second-order valence-electron chi connectivity index (χ2n) is 8.48. The second kappa shape index (κ2) is 10.2. The van der Waals surface area contributed by atoms with Gasteiger partial charge in [0.2, 0.25) is 5.91 Å². The Kier molecular flexibility index (Phi) is 6.93. The minimum atomic E-state index is -0.897. The molecule has 2 atom stereocenters. The summed E-state index contributed by atoms with van der Waals surface area (Å²) in [6.45, 7) is 0. The van der Waals surface area contributed by atoms with Gasteiger partial charge in [-0.25, -0.2) is 0 Å². The number of carboxylic acid groups (broad SMARTS) is 1. The first-order valence-electron chi connectivity index (χ1n) is 11.2. The molecule has 1 fully saturated rings. The van der Waals surface area contributed by atoms with Crippen molar-refractivity contribution in [2.24, 2.45) is 11.8 Å². The molecular weight excluding hydrogens is 416 g/mol. The number of aliphatic carboxylic acids is 1. The van der Waals surface area contributed by atoms with Crippen molar-refractivity contribution in [1.82, 2.24) is 0 Å². The SMILES string of the molecule is Nc1ccc(Oc2ccc(NC(=O)C3CCCCC3C(=O)O)c(Cc3ccccc3)c2)cc1. The Balaban J connectivity index is 1.59. The van der Waals surface area contributed by atoms with Gasteiger partial charge in [-0.2, -0.15) is 0 Å². The predicted octanol–water partition coefficient (Wildman–Crippen LogP) is 5.48. The van der Waals surface area contributed by atoms with Crippen LogP contribution >= 0.6 is 0 Å². The summed E-state index contributed by atoms with van der Waals surface area (Å²) in [6.07, 6.45) is 3.44. The standard InChI is InChI=1S/C27H28N2O4/c28-20-10-12-21(13-11-20)33-22-14-15-25(19(17-22)16-18-6-2-1-3-7-18)29-26(30)23-8-4-5-9-24(23)27(31)32/h1-3,6-7,10-15,17,23-24H,4-5,8-9,16,28H2,(H,29,30)(H,31,32). The van der Waals surface area contributed by atoms with E-state index in [2.05, 4.69) is 5.32 Å². The lowest BCUT2D eigenvalue weighted by Gasteiger charge is -2.27. The van der Waals surface area contributed by atoms with Crippen LogP contribution in [0, 0.1) is 11.8 Å². The maximum atomic E-state index is 13.1. The molecule has 4 rings (SSSR count). The van der Waals surface area contributed by atoms with Crippen LogP contribution in [0.4, 0.5) is 11.4 Å². The fraction of sp³-hybridized carbons (Fsp3) is 0.259. The van der Waals surface area contributed by atoms with Crippen LogP contribution in [0.1, 0.15) is 36.8 Å². The van der Waals surface area contributed by atoms with Crippen LogP contribution in [-0.2, 0) is 16.0 Å². The number of carbonyl (C=O) groups is 2. The number of anilines is 2. The Hall–Kier alpha value is -3.80. The second-order valence-corrected chi connectivity index (χ2v) is 8.48. The smallest absolute Gasteiger partial charge is 0.307 e. The van der Waals surface area contributed by atoms with Gasteiger partial charge in [0.1, 0.15) is 11.5 Å². The van der Waals surface area contributed by atoms with Gasteiger partial charge < -0.3 is 20.9 Å². The molecule has 4 N–H and O–H groups in total. The number of ether oxygens (including phenoxy) is 1. The molecule has 0 spiro atoms. The van der Waals surface area contributed by atoms with E-state index >= 15 is 0 Å². The van der Waals surface area contributed by atoms with Crippen LogP contribution < -0.4 is 15.8 Å². The molecular formula is C27H28N2O4. The molecule has 1 amide bonds. The van der Waals surface area contributed by atoms with Crippen LogP contribution in [0.2, 0.25) is 0 Å². The number of nitrogens with two attached hydrogens (primary N) is 1. The van der Waals surface area contributed by atoms with E-state index in [-0.39, 0.29) is 5.91 Å². The highest BCUT2D eigenvalue weighted by Gasteiger charge is 2.35. The average Bonchev–Trinajstić information content (AvgIpc) is 2.83. The van der Waals surface area contributed by atoms with Crippen molar-refractivity contribution in [2.45, 2.75) is 32.1 Å². The van der Waals surface area contributed by atoms with Crippen molar-refractivity contribution < 1.29 is 19.4 Å². The number of carboxylic acids is 1. The number of amides is 1. The van der Waals surface area contributed by atoms with Crippen LogP contribution in [0.5, 0.6) is 11.5 Å². The van der Waals surface area contributed by atoms with Crippen molar-refractivity contribution in [2.75, 3.05) is 11.1 Å². The fourth-order valence-electron chi connectivity index (χ4n) is 4.36. The molecule has 0 saturated heterocycles. The number of hydrogen-bond donors (Lipinski definition) is 3. The van der Waals surface area contributed by atoms with Crippen molar-refractivity contribution in [3.8, 4) is 11.5 Å². The fourth-order valence-corrected chi connectivity index (χ4v) is 4.36. The van der Waals surface area contributed by atoms with Gasteiger partial charge in [0.25, 0.3) is 0 Å². The van der Waals surface area contributed by atoms with Crippen LogP contribution in [0.3, 0.4) is 0 Å². The highest BCUT2D eigenvalue weighted by Crippen LogP contribution is 2.33. The topological polar surface area (TPSA) is 102 Å². The van der Waals surface area contributed by atoms with Crippen LogP contribution in [-0.4, -0.2) is 17.0 Å². The Morgan fingerprint density at radius 1 is 0.909 bits per heavy atom. The predicted molar refractivity (Wildman–Crippen MR) is 128 cm³/mol. The minimum absolute atomic E-state index is 0.233. The van der Waals surface area contributed by atoms with Gasteiger partial charge in [0.15, 0.2) is 0 Å². The normalized spacial score (nSPS) is 17.8. The average molecular weight is 445 g/mol. The monoisotopic (exact) mass is 444 g/mol. The summed E-state index contributed by atoms with van der Waals surface area (Å²) >= 11 is 0. The lowest BCUT2D eigenvalue weighted by molar-refractivity contribution is -0.147. The number of hydrogen-bond acceptors (Lipinski definition) is 4. The van der Waals surface area contributed by atoms with Crippen molar-refractivity contribution >= 4 is 23.3 Å². The summed E-state index contributed by atoms with van der Waals surface area (Å²) in [5, 5.41) is 12.6. The van der Waals surface area contributed by atoms with E-state index in [1.54, 1.807) is 30.3 Å². The third kappa shape index (κ3) is 5.71. The molecule has 0 aromatic heterocycles. The molecule has 6 heteroatoms. The summed E-state index contributed by atoms with van der Waals surface area (Å²) in [7, 11) is 0. The van der Waals surface area contributed by atoms with Gasteiger partial charge in [-0.05, 0) is 72.9 Å². The third-order valence-corrected chi connectivity index (χ3v) is 6.11. The van der Waals surface area contributed by atoms with E-state index in [0.29, 0.717) is 42.1 Å². The van der Waals surface area contributed by atoms with Gasteiger partial charge in [-0.3, -0.25) is 9.59 Å². The Morgan fingerprint density at radius 2 is 1.58 bits per heavy atom. The van der Waals surface area contributed by atoms with Gasteiger partial charge in [-0.1, -0.05) is 43.2 Å². The summed E-state index contributed by atoms with van der Waals surface area (Å²) in [4.78, 5) is 24.7. The van der Waals surface area contributed by atoms with Gasteiger partial charge >= 0.3 is 5.97 Å². The van der Waals surface area contributed by atoms with Gasteiger partial charge in [-0.15, -0.1) is 0 Å². The molecule has 33 heavy (non-hydrogen) atoms. The van der Waals surface area contributed by atoms with E-state index in [1.807, 2.05) is 42.5 Å². The van der Waals surface area contributed by atoms with E-state index in [0.717, 1.165) is 24.0 Å². The van der Waals surface area contributed by atoms with Crippen LogP contribution in [0.15, 0.2) is 72.8 Å². The summed E-state index contributed by atoms with van der Waals surface area (Å²) in [5.74, 6) is -0.978. The molecule has 0 bridgehead atoms. The first-order valence-corrected chi connectivity index (χ1v) is 11.2. The molecule has 3 aromatic rings. The van der Waals surface area contributed by atoms with Gasteiger partial charge in [0.05, 0.1) is 11.8 Å². The van der Waals surface area contributed by atoms with E-state index < -0.39 is 17.8 Å². The molecule has 0 heterocycles. The molecule has 0 radical (unpaired) electrons. The van der Waals surface area contributed by atoms with E-state index in [4.69, 9.17) is 10.5 Å². The Morgan fingerprint density at radius 3 is 2.27 bits per heavy atom. The molecule has 0 aliphatic heterocycles. The Labute approximate surface area is 193 Å². The Bertz CT molecular complexity index is 1110. The maximum absolute atomic E-state index is 13.1. The lowest BCUT2D eigenvalue weighted by atomic mass is 9.78. The number of nitrogens with one attached hydrogen (secondary N) is 1. The minimum Gasteiger partial charge on any atom is -0.481 e. The third-order valence-electron chi connectivity index (χ3n) is 6.11. The summed E-state index contributed by atoms with van der Waals surface area (Å²) in [5.41, 5.74) is 9.07. The highest BCUT2D eigenvalue weighted by molar-refractivity contribution is 5.96. The first-order chi connectivity index (χ1) is 16.0. The lowest BCUT2D eigenvalue weighted by Crippen LogP contribution is -2.36. The zero-order valence-corrected chi connectivity index (χ0v) is 18.4. The van der Waals surface area contributed by atoms with Crippen molar-refractivity contribution in [3.05, 3.63) is 83.9 Å². The highest BCUT2D eigenvalue weighted by atomic mass is 16.5. The number of benzene rings is 3. The zero-order valence-electron chi connectivity index (χ0n) is 18.4. The quantitative estimate of drug-likeness (QED) is 0.419. The molecule has 1 aliphatic rings. The van der Waals surface area contributed by atoms with Crippen molar-refractivity contribution in [3.63, 3.8) is 0 Å². The van der Waals surface area contributed by atoms with E-state index in [9.17, 15) is 14.7 Å². The number of nitrogen functional groups attached to an aromatic ring is 1. The summed E-state index contributed by atoms with van der Waals surface area (Å²) < 4.78 is 5.99. The van der Waals surface area contributed by atoms with Crippen LogP contribution in [0.25, 0.3) is 0 Å². The molecule has 2 unspecified atom stereocenters. The number of carbonyl (C=O) groups excluding carboxylic acids is 1. The van der Waals surface area contributed by atoms with Gasteiger partial charge in [0, 0.05) is 11.4 Å². The largest absolute Gasteiger partial charge is 0.481 e. The molecule has 6 nitrogen and oxygen atoms in total. The zero-order chi connectivity index (χ0) is 23.2. The van der Waals surface area contributed by atoms with E-state index in [1.165, 1.54) is 0 Å². The molecule has 1 saturated carbocycles. The summed E-state index contributed by atoms with van der Waals surface area (Å²) in [6, 6.07) is 22.7. The number of rotatable bonds is 7. The molecule has 3 aromatic carbocycles. The maximum Gasteiger partial charge on any atom is 0.307 e. The van der Waals surface area contributed by atoms with Crippen molar-refractivity contribution in [1.29, 1.82) is 0 Å². The molecule has 1 aliphatic carbocycles. The first kappa shape index (κ1) is 22.4. The molecule has 170 valence electrons.